The predicted octanol–water partition coefficient (Wildman–Crippen LogP) is 6.49. The van der Waals surface area contributed by atoms with Crippen LogP contribution in [0.1, 0.15) is 38.9 Å². The molecule has 1 atom stereocenters. The Balaban J connectivity index is 1.77. The predicted molar refractivity (Wildman–Crippen MR) is 137 cm³/mol. The van der Waals surface area contributed by atoms with Gasteiger partial charge >= 0.3 is 0 Å². The summed E-state index contributed by atoms with van der Waals surface area (Å²) in [5.74, 6) is 0.355. The van der Waals surface area contributed by atoms with Crippen LogP contribution in [0.15, 0.2) is 87.0 Å². The second-order valence-electron chi connectivity index (χ2n) is 8.33. The second-order valence-corrected chi connectivity index (χ2v) is 9.25. The molecule has 1 amide bonds. The lowest BCUT2D eigenvalue weighted by Gasteiger charge is -2.25. The summed E-state index contributed by atoms with van der Waals surface area (Å²) in [6, 6.07) is 17.9. The minimum absolute atomic E-state index is 0.0751. The van der Waals surface area contributed by atoms with Crippen molar-refractivity contribution in [1.29, 1.82) is 0 Å². The summed E-state index contributed by atoms with van der Waals surface area (Å²) < 4.78 is 12.7. The minimum Gasteiger partial charge on any atom is -0.490 e. The topological polar surface area (TPSA) is 59.8 Å². The van der Waals surface area contributed by atoms with E-state index < -0.39 is 6.04 Å². The number of nitrogens with zero attached hydrogens (tertiary/aromatic N) is 1. The number of carbonyl (C=O) groups excluding carboxylic acids is 1. The van der Waals surface area contributed by atoms with Gasteiger partial charge in [0.05, 0.1) is 17.0 Å². The standard InChI is InChI=1S/C28H22BrNO4/c1-4-12-33-21-7-5-6-18(15-21)25-24-26(31)22-13-16(2)17(3)14-23(22)34-27(24)28(32)30(25)20-10-8-19(29)9-11-20/h4-11,13-15,25H,1,12H2,2-3H3. The number of amides is 1. The molecule has 1 aliphatic heterocycles. The van der Waals surface area contributed by atoms with E-state index >= 15 is 0 Å². The van der Waals surface area contributed by atoms with Crippen molar-refractivity contribution < 1.29 is 13.9 Å². The molecule has 0 aliphatic carbocycles. The fourth-order valence-corrected chi connectivity index (χ4v) is 4.61. The Morgan fingerprint density at radius 2 is 1.79 bits per heavy atom. The molecule has 1 aliphatic rings. The molecule has 3 aromatic carbocycles. The summed E-state index contributed by atoms with van der Waals surface area (Å²) in [4.78, 5) is 29.1. The molecule has 34 heavy (non-hydrogen) atoms. The number of ether oxygens (including phenoxy) is 1. The highest BCUT2D eigenvalue weighted by molar-refractivity contribution is 9.10. The fourth-order valence-electron chi connectivity index (χ4n) is 4.34. The highest BCUT2D eigenvalue weighted by Gasteiger charge is 2.43. The Labute approximate surface area is 205 Å². The normalized spacial score (nSPS) is 15.0. The summed E-state index contributed by atoms with van der Waals surface area (Å²) in [6.07, 6.45) is 1.67. The molecule has 170 valence electrons. The molecule has 0 radical (unpaired) electrons. The molecule has 0 spiro atoms. The van der Waals surface area contributed by atoms with Gasteiger partial charge in [-0.15, -0.1) is 0 Å². The van der Waals surface area contributed by atoms with Crippen LogP contribution < -0.4 is 15.1 Å². The van der Waals surface area contributed by atoms with Gasteiger partial charge < -0.3 is 9.15 Å². The number of fused-ring (bicyclic) bond motifs is 2. The van der Waals surface area contributed by atoms with Crippen molar-refractivity contribution in [2.75, 3.05) is 11.5 Å². The molecule has 0 N–H and O–H groups in total. The average molecular weight is 516 g/mol. The van der Waals surface area contributed by atoms with E-state index in [1.165, 1.54) is 0 Å². The van der Waals surface area contributed by atoms with E-state index in [4.69, 9.17) is 9.15 Å². The van der Waals surface area contributed by atoms with E-state index in [9.17, 15) is 9.59 Å². The maximum absolute atomic E-state index is 13.8. The first-order valence-corrected chi connectivity index (χ1v) is 11.7. The van der Waals surface area contributed by atoms with E-state index in [0.717, 1.165) is 21.2 Å². The molecule has 0 saturated carbocycles. The number of anilines is 1. The monoisotopic (exact) mass is 515 g/mol. The van der Waals surface area contributed by atoms with Crippen LogP contribution in [0.25, 0.3) is 11.0 Å². The Morgan fingerprint density at radius 3 is 2.53 bits per heavy atom. The van der Waals surface area contributed by atoms with E-state index in [1.54, 1.807) is 11.0 Å². The van der Waals surface area contributed by atoms with Gasteiger partial charge in [0, 0.05) is 10.2 Å². The van der Waals surface area contributed by atoms with Gasteiger partial charge in [-0.3, -0.25) is 14.5 Å². The molecule has 0 fully saturated rings. The van der Waals surface area contributed by atoms with Crippen LogP contribution >= 0.6 is 15.9 Å². The third kappa shape index (κ3) is 3.64. The van der Waals surface area contributed by atoms with Crippen molar-refractivity contribution in [2.45, 2.75) is 19.9 Å². The molecule has 0 bridgehead atoms. The Hall–Kier alpha value is -3.64. The van der Waals surface area contributed by atoms with Crippen LogP contribution in [0, 0.1) is 13.8 Å². The van der Waals surface area contributed by atoms with Crippen molar-refractivity contribution >= 4 is 38.5 Å². The summed E-state index contributed by atoms with van der Waals surface area (Å²) in [5.41, 5.74) is 3.96. The Kier molecular flexibility index (Phi) is 5.62. The van der Waals surface area contributed by atoms with Crippen LogP contribution in [-0.4, -0.2) is 12.5 Å². The molecule has 1 unspecified atom stereocenters. The zero-order chi connectivity index (χ0) is 24.0. The van der Waals surface area contributed by atoms with Crippen LogP contribution in [0.2, 0.25) is 0 Å². The van der Waals surface area contributed by atoms with E-state index in [0.29, 0.717) is 34.6 Å². The zero-order valence-electron chi connectivity index (χ0n) is 18.8. The van der Waals surface area contributed by atoms with Crippen LogP contribution in [0.5, 0.6) is 5.75 Å². The van der Waals surface area contributed by atoms with Crippen LogP contribution in [-0.2, 0) is 0 Å². The van der Waals surface area contributed by atoms with E-state index in [2.05, 4.69) is 22.5 Å². The highest BCUT2D eigenvalue weighted by Crippen LogP contribution is 2.42. The average Bonchev–Trinajstić information content (AvgIpc) is 3.12. The summed E-state index contributed by atoms with van der Waals surface area (Å²) >= 11 is 3.45. The fraction of sp³-hybridized carbons (Fsp3) is 0.143. The maximum Gasteiger partial charge on any atom is 0.295 e. The lowest BCUT2D eigenvalue weighted by Crippen LogP contribution is -2.29. The zero-order valence-corrected chi connectivity index (χ0v) is 20.4. The van der Waals surface area contributed by atoms with Crippen LogP contribution in [0.4, 0.5) is 5.69 Å². The van der Waals surface area contributed by atoms with Gasteiger partial charge in [0.15, 0.2) is 5.43 Å². The molecular formula is C28H22BrNO4. The lowest BCUT2D eigenvalue weighted by molar-refractivity contribution is 0.0971. The van der Waals surface area contributed by atoms with Gasteiger partial charge in [-0.2, -0.15) is 0 Å². The number of hydrogen-bond acceptors (Lipinski definition) is 4. The van der Waals surface area contributed by atoms with Gasteiger partial charge in [-0.25, -0.2) is 0 Å². The number of rotatable bonds is 5. The van der Waals surface area contributed by atoms with Gasteiger partial charge in [0.25, 0.3) is 5.91 Å². The number of benzene rings is 3. The second kappa shape index (κ2) is 8.61. The van der Waals surface area contributed by atoms with E-state index in [1.807, 2.05) is 74.5 Å². The number of halogens is 1. The first-order valence-electron chi connectivity index (χ1n) is 10.9. The van der Waals surface area contributed by atoms with Gasteiger partial charge in [0.2, 0.25) is 5.76 Å². The van der Waals surface area contributed by atoms with Gasteiger partial charge in [-0.05, 0) is 79.1 Å². The molecular weight excluding hydrogens is 494 g/mol. The number of aryl methyl sites for hydroxylation is 2. The van der Waals surface area contributed by atoms with Crippen molar-refractivity contribution in [2.24, 2.45) is 0 Å². The molecule has 6 heteroatoms. The molecule has 0 saturated heterocycles. The summed E-state index contributed by atoms with van der Waals surface area (Å²) in [6.45, 7) is 7.96. The number of carbonyl (C=O) groups is 1. The van der Waals surface area contributed by atoms with Gasteiger partial charge in [0.1, 0.15) is 17.9 Å². The molecule has 1 aromatic heterocycles. The molecule has 5 rings (SSSR count). The quantitative estimate of drug-likeness (QED) is 0.285. The van der Waals surface area contributed by atoms with E-state index in [-0.39, 0.29) is 17.1 Å². The van der Waals surface area contributed by atoms with Crippen molar-refractivity contribution in [3.05, 3.63) is 116 Å². The molecule has 4 aromatic rings. The van der Waals surface area contributed by atoms with Crippen molar-refractivity contribution in [1.82, 2.24) is 0 Å². The number of hydrogen-bond donors (Lipinski definition) is 0. The smallest absolute Gasteiger partial charge is 0.295 e. The van der Waals surface area contributed by atoms with Crippen molar-refractivity contribution in [3.8, 4) is 5.75 Å². The lowest BCUT2D eigenvalue weighted by atomic mass is 9.97. The third-order valence-corrected chi connectivity index (χ3v) is 6.66. The summed E-state index contributed by atoms with van der Waals surface area (Å²) in [7, 11) is 0. The maximum atomic E-state index is 13.8. The highest BCUT2D eigenvalue weighted by atomic mass is 79.9. The minimum atomic E-state index is -0.654. The molecule has 5 nitrogen and oxygen atoms in total. The van der Waals surface area contributed by atoms with Gasteiger partial charge in [-0.1, -0.05) is 40.7 Å². The van der Waals surface area contributed by atoms with Crippen LogP contribution in [0.3, 0.4) is 0 Å². The first-order chi connectivity index (χ1) is 16.4. The Morgan fingerprint density at radius 1 is 1.06 bits per heavy atom. The first kappa shape index (κ1) is 22.2. The summed E-state index contributed by atoms with van der Waals surface area (Å²) in [5, 5.41) is 0.469. The largest absolute Gasteiger partial charge is 0.490 e. The third-order valence-electron chi connectivity index (χ3n) is 6.13. The molecule has 2 heterocycles. The SMILES string of the molecule is C=CCOc1cccc(C2c3c(oc4cc(C)c(C)cc4c3=O)C(=O)N2c2ccc(Br)cc2)c1. The van der Waals surface area contributed by atoms with Crippen molar-refractivity contribution in [3.63, 3.8) is 0 Å². The Bertz CT molecular complexity index is 1500.